The Morgan fingerprint density at radius 2 is 2.23 bits per heavy atom. The largest absolute Gasteiger partial charge is 0.397 e. The molecule has 0 spiro atoms. The third kappa shape index (κ3) is 1.99. The van der Waals surface area contributed by atoms with Crippen molar-refractivity contribution in [3.63, 3.8) is 0 Å². The van der Waals surface area contributed by atoms with Crippen molar-refractivity contribution in [3.8, 4) is 0 Å². The van der Waals surface area contributed by atoms with Gasteiger partial charge in [0.1, 0.15) is 0 Å². The molecular weight excluding hydrogens is 164 g/mol. The number of para-hydroxylation sites is 1. The van der Waals surface area contributed by atoms with E-state index in [9.17, 15) is 4.79 Å². The Hall–Kier alpha value is -1.51. The Balaban J connectivity index is 3.17. The third-order valence-electron chi connectivity index (χ3n) is 1.83. The summed E-state index contributed by atoms with van der Waals surface area (Å²) in [6.45, 7) is 4.26. The van der Waals surface area contributed by atoms with Crippen molar-refractivity contribution in [2.45, 2.75) is 13.8 Å². The first-order valence-electron chi connectivity index (χ1n) is 4.30. The van der Waals surface area contributed by atoms with E-state index in [2.05, 4.69) is 5.32 Å². The van der Waals surface area contributed by atoms with Gasteiger partial charge in [-0.3, -0.25) is 4.79 Å². The van der Waals surface area contributed by atoms with Crippen molar-refractivity contribution in [2.24, 2.45) is 0 Å². The van der Waals surface area contributed by atoms with Gasteiger partial charge in [0.05, 0.1) is 11.4 Å². The van der Waals surface area contributed by atoms with Gasteiger partial charge in [0.15, 0.2) is 5.78 Å². The first-order valence-corrected chi connectivity index (χ1v) is 4.30. The molecule has 0 saturated heterocycles. The predicted octanol–water partition coefficient (Wildman–Crippen LogP) is 1.90. The highest BCUT2D eigenvalue weighted by Crippen LogP contribution is 2.23. The SMILES string of the molecule is CCNc1c(N)cccc1C(C)=O. The van der Waals surface area contributed by atoms with Gasteiger partial charge in [-0.15, -0.1) is 0 Å². The minimum atomic E-state index is 0.0308. The zero-order valence-corrected chi connectivity index (χ0v) is 7.92. The molecule has 0 aromatic heterocycles. The van der Waals surface area contributed by atoms with Gasteiger partial charge in [0, 0.05) is 12.1 Å². The van der Waals surface area contributed by atoms with Crippen molar-refractivity contribution in [1.82, 2.24) is 0 Å². The lowest BCUT2D eigenvalue weighted by Gasteiger charge is -2.10. The van der Waals surface area contributed by atoms with Crippen LogP contribution < -0.4 is 11.1 Å². The van der Waals surface area contributed by atoms with Crippen LogP contribution in [0.4, 0.5) is 11.4 Å². The van der Waals surface area contributed by atoms with E-state index in [-0.39, 0.29) is 5.78 Å². The van der Waals surface area contributed by atoms with E-state index in [0.717, 1.165) is 12.2 Å². The van der Waals surface area contributed by atoms with Crippen LogP contribution in [0.25, 0.3) is 0 Å². The molecule has 70 valence electrons. The maximum atomic E-state index is 11.2. The van der Waals surface area contributed by atoms with Gasteiger partial charge < -0.3 is 11.1 Å². The van der Waals surface area contributed by atoms with Crippen LogP contribution >= 0.6 is 0 Å². The second kappa shape index (κ2) is 3.94. The van der Waals surface area contributed by atoms with E-state index in [4.69, 9.17) is 5.73 Å². The zero-order chi connectivity index (χ0) is 9.84. The second-order valence-electron chi connectivity index (χ2n) is 2.86. The number of ketones is 1. The number of Topliss-reactive ketones (excluding diaryl/α,β-unsaturated/α-hetero) is 1. The molecule has 0 heterocycles. The summed E-state index contributed by atoms with van der Waals surface area (Å²) in [5, 5.41) is 3.08. The van der Waals surface area contributed by atoms with E-state index in [1.165, 1.54) is 6.92 Å². The van der Waals surface area contributed by atoms with Crippen LogP contribution in [0, 0.1) is 0 Å². The number of carbonyl (C=O) groups excluding carboxylic acids is 1. The summed E-state index contributed by atoms with van der Waals surface area (Å²) < 4.78 is 0. The summed E-state index contributed by atoms with van der Waals surface area (Å²) in [5.41, 5.74) is 7.75. The molecule has 0 amide bonds. The van der Waals surface area contributed by atoms with E-state index in [1.54, 1.807) is 18.2 Å². The predicted molar refractivity (Wildman–Crippen MR) is 55.0 cm³/mol. The molecule has 0 saturated carbocycles. The van der Waals surface area contributed by atoms with Crippen molar-refractivity contribution in [1.29, 1.82) is 0 Å². The number of nitrogens with two attached hydrogens (primary N) is 1. The average molecular weight is 178 g/mol. The van der Waals surface area contributed by atoms with Gasteiger partial charge in [0.2, 0.25) is 0 Å². The smallest absolute Gasteiger partial charge is 0.161 e. The Morgan fingerprint density at radius 1 is 1.54 bits per heavy atom. The molecule has 0 aliphatic heterocycles. The Labute approximate surface area is 77.9 Å². The number of hydrogen-bond donors (Lipinski definition) is 2. The maximum Gasteiger partial charge on any atom is 0.161 e. The molecule has 0 unspecified atom stereocenters. The molecule has 0 radical (unpaired) electrons. The number of benzene rings is 1. The fourth-order valence-electron chi connectivity index (χ4n) is 1.24. The molecule has 1 rings (SSSR count). The Bertz CT molecular complexity index is 321. The van der Waals surface area contributed by atoms with Crippen LogP contribution in [0.3, 0.4) is 0 Å². The number of hydrogen-bond acceptors (Lipinski definition) is 3. The number of nitrogens with one attached hydrogen (secondary N) is 1. The van der Waals surface area contributed by atoms with E-state index < -0.39 is 0 Å². The number of carbonyl (C=O) groups is 1. The van der Waals surface area contributed by atoms with Crippen LogP contribution in [0.1, 0.15) is 24.2 Å². The fraction of sp³-hybridized carbons (Fsp3) is 0.300. The molecule has 0 aliphatic rings. The number of rotatable bonds is 3. The van der Waals surface area contributed by atoms with E-state index in [1.807, 2.05) is 6.92 Å². The van der Waals surface area contributed by atoms with Gasteiger partial charge in [-0.1, -0.05) is 6.07 Å². The highest BCUT2D eigenvalue weighted by atomic mass is 16.1. The van der Waals surface area contributed by atoms with Crippen molar-refractivity contribution >= 4 is 17.2 Å². The summed E-state index contributed by atoms with van der Waals surface area (Å²) in [6.07, 6.45) is 0. The number of nitrogen functional groups attached to an aromatic ring is 1. The summed E-state index contributed by atoms with van der Waals surface area (Å²) in [6, 6.07) is 5.34. The van der Waals surface area contributed by atoms with Crippen molar-refractivity contribution < 1.29 is 4.79 Å². The Morgan fingerprint density at radius 3 is 2.77 bits per heavy atom. The van der Waals surface area contributed by atoms with Crippen LogP contribution in [0.2, 0.25) is 0 Å². The van der Waals surface area contributed by atoms with Gasteiger partial charge in [-0.05, 0) is 26.0 Å². The first kappa shape index (κ1) is 9.58. The molecular formula is C10H14N2O. The second-order valence-corrected chi connectivity index (χ2v) is 2.86. The Kier molecular flexibility index (Phi) is 2.90. The summed E-state index contributed by atoms with van der Waals surface area (Å²) in [7, 11) is 0. The first-order chi connectivity index (χ1) is 6.16. The van der Waals surface area contributed by atoms with Crippen molar-refractivity contribution in [2.75, 3.05) is 17.6 Å². The highest BCUT2D eigenvalue weighted by molar-refractivity contribution is 6.02. The van der Waals surface area contributed by atoms with Crippen molar-refractivity contribution in [3.05, 3.63) is 23.8 Å². The molecule has 1 aromatic carbocycles. The van der Waals surface area contributed by atoms with Crippen LogP contribution in [0.5, 0.6) is 0 Å². The standard InChI is InChI=1S/C10H14N2O/c1-3-12-10-8(7(2)13)5-4-6-9(10)11/h4-6,12H,3,11H2,1-2H3. The molecule has 0 aliphatic carbocycles. The van der Waals surface area contributed by atoms with Crippen LogP contribution in [-0.4, -0.2) is 12.3 Å². The molecule has 0 bridgehead atoms. The van der Waals surface area contributed by atoms with Crippen LogP contribution in [-0.2, 0) is 0 Å². The van der Waals surface area contributed by atoms with Gasteiger partial charge >= 0.3 is 0 Å². The fourth-order valence-corrected chi connectivity index (χ4v) is 1.24. The molecule has 3 nitrogen and oxygen atoms in total. The topological polar surface area (TPSA) is 55.1 Å². The molecule has 3 heteroatoms. The quantitative estimate of drug-likeness (QED) is 0.549. The maximum absolute atomic E-state index is 11.2. The van der Waals surface area contributed by atoms with E-state index in [0.29, 0.717) is 11.3 Å². The third-order valence-corrected chi connectivity index (χ3v) is 1.83. The molecule has 0 atom stereocenters. The van der Waals surface area contributed by atoms with Gasteiger partial charge in [-0.2, -0.15) is 0 Å². The molecule has 3 N–H and O–H groups in total. The lowest BCUT2D eigenvalue weighted by atomic mass is 10.1. The van der Waals surface area contributed by atoms with Crippen LogP contribution in [0.15, 0.2) is 18.2 Å². The zero-order valence-electron chi connectivity index (χ0n) is 7.92. The summed E-state index contributed by atoms with van der Waals surface area (Å²) in [5.74, 6) is 0.0308. The average Bonchev–Trinajstić information content (AvgIpc) is 2.08. The minimum absolute atomic E-state index is 0.0308. The lowest BCUT2D eigenvalue weighted by molar-refractivity contribution is 0.101. The summed E-state index contributed by atoms with van der Waals surface area (Å²) in [4.78, 5) is 11.2. The summed E-state index contributed by atoms with van der Waals surface area (Å²) >= 11 is 0. The number of anilines is 2. The highest BCUT2D eigenvalue weighted by Gasteiger charge is 2.08. The minimum Gasteiger partial charge on any atom is -0.397 e. The van der Waals surface area contributed by atoms with Gasteiger partial charge in [0.25, 0.3) is 0 Å². The lowest BCUT2D eigenvalue weighted by Crippen LogP contribution is -2.06. The molecule has 13 heavy (non-hydrogen) atoms. The monoisotopic (exact) mass is 178 g/mol. The van der Waals surface area contributed by atoms with E-state index >= 15 is 0 Å². The van der Waals surface area contributed by atoms with Gasteiger partial charge in [-0.25, -0.2) is 0 Å². The molecule has 0 fully saturated rings. The molecule has 1 aromatic rings. The normalized spacial score (nSPS) is 9.69.